The summed E-state index contributed by atoms with van der Waals surface area (Å²) in [7, 11) is 1.61. The Balaban J connectivity index is 2.72. The highest BCUT2D eigenvalue weighted by Crippen LogP contribution is 2.40. The van der Waals surface area contributed by atoms with Crippen LogP contribution in [0.15, 0.2) is 0 Å². The molecule has 0 aromatic carbocycles. The van der Waals surface area contributed by atoms with Crippen LogP contribution in [-0.2, 0) is 13.8 Å². The molecule has 0 spiro atoms. The number of hydrogen-bond donors (Lipinski definition) is 1. The summed E-state index contributed by atoms with van der Waals surface area (Å²) in [6.45, 7) is 6.94. The number of alkyl carbamates (subject to hydrolysis) is 1. The van der Waals surface area contributed by atoms with Crippen LogP contribution in [-0.4, -0.2) is 31.4 Å². The van der Waals surface area contributed by atoms with E-state index in [1.807, 2.05) is 0 Å². The number of nitrogens with one attached hydrogen (secondary N) is 1. The number of carbonyl (C=O) groups is 1. The third kappa shape index (κ3) is 5.44. The predicted molar refractivity (Wildman–Crippen MR) is 70.1 cm³/mol. The Labute approximate surface area is 113 Å². The van der Waals surface area contributed by atoms with Crippen molar-refractivity contribution in [2.75, 3.05) is 5.75 Å². The van der Waals surface area contributed by atoms with Gasteiger partial charge in [0.15, 0.2) is 0 Å². The van der Waals surface area contributed by atoms with E-state index >= 15 is 0 Å². The van der Waals surface area contributed by atoms with Gasteiger partial charge in [0.25, 0.3) is 0 Å². The quantitative estimate of drug-likeness (QED) is 0.808. The molecule has 7 heteroatoms. The van der Waals surface area contributed by atoms with Gasteiger partial charge >= 0.3 is 6.09 Å². The first-order chi connectivity index (χ1) is 7.91. The van der Waals surface area contributed by atoms with Crippen molar-refractivity contribution in [1.29, 1.82) is 0 Å². The van der Waals surface area contributed by atoms with Crippen LogP contribution in [0.1, 0.15) is 40.5 Å². The minimum absolute atomic E-state index is 0.138. The number of amides is 1. The first kappa shape index (κ1) is 15.6. The Morgan fingerprint density at radius 3 is 2.17 bits per heavy atom. The standard InChI is InChI=1S/C11H20ClNO4S/c1-10(2,3)17-9(14)13-11(4,8-5-6-8)7-18(12,15)16/h8H,5-7H2,1-4H3,(H,13,14). The fourth-order valence-corrected chi connectivity index (χ4v) is 3.58. The van der Waals surface area contributed by atoms with E-state index < -0.39 is 26.3 Å². The summed E-state index contributed by atoms with van der Waals surface area (Å²) in [5, 5.41) is 2.64. The maximum Gasteiger partial charge on any atom is 0.408 e. The fourth-order valence-electron chi connectivity index (χ4n) is 1.87. The van der Waals surface area contributed by atoms with Crippen LogP contribution in [0.2, 0.25) is 0 Å². The molecule has 0 heterocycles. The van der Waals surface area contributed by atoms with E-state index in [2.05, 4.69) is 5.32 Å². The van der Waals surface area contributed by atoms with Gasteiger partial charge in [0.1, 0.15) is 5.60 Å². The first-order valence-corrected chi connectivity index (χ1v) is 8.33. The number of carbonyl (C=O) groups excluding carboxylic acids is 1. The predicted octanol–water partition coefficient (Wildman–Crippen LogP) is 2.25. The van der Waals surface area contributed by atoms with Crippen molar-refractivity contribution in [3.8, 4) is 0 Å². The molecule has 0 aliphatic heterocycles. The second kappa shape index (κ2) is 4.89. The van der Waals surface area contributed by atoms with Crippen molar-refractivity contribution in [2.45, 2.75) is 51.7 Å². The van der Waals surface area contributed by atoms with Gasteiger partial charge in [-0.25, -0.2) is 13.2 Å². The van der Waals surface area contributed by atoms with Crippen LogP contribution in [0, 0.1) is 5.92 Å². The number of rotatable bonds is 4. The molecule has 106 valence electrons. The molecule has 0 saturated heterocycles. The van der Waals surface area contributed by atoms with E-state index in [9.17, 15) is 13.2 Å². The van der Waals surface area contributed by atoms with Gasteiger partial charge in [-0.05, 0) is 46.5 Å². The summed E-state index contributed by atoms with van der Waals surface area (Å²) >= 11 is 0. The van der Waals surface area contributed by atoms with Gasteiger partial charge in [-0.15, -0.1) is 0 Å². The zero-order chi connectivity index (χ0) is 14.2. The van der Waals surface area contributed by atoms with Crippen molar-refractivity contribution in [3.05, 3.63) is 0 Å². The molecule has 18 heavy (non-hydrogen) atoms. The Kier molecular flexibility index (Phi) is 4.23. The van der Waals surface area contributed by atoms with Gasteiger partial charge in [-0.2, -0.15) is 0 Å². The average Bonchev–Trinajstić information content (AvgIpc) is 2.74. The zero-order valence-corrected chi connectivity index (χ0v) is 12.7. The second-order valence-electron chi connectivity index (χ2n) is 6.00. The van der Waals surface area contributed by atoms with E-state index in [0.717, 1.165) is 12.8 Å². The lowest BCUT2D eigenvalue weighted by Gasteiger charge is -2.31. The lowest BCUT2D eigenvalue weighted by atomic mass is 9.99. The number of ether oxygens (including phenoxy) is 1. The molecular weight excluding hydrogens is 278 g/mol. The molecule has 1 atom stereocenters. The lowest BCUT2D eigenvalue weighted by Crippen LogP contribution is -2.53. The molecule has 0 aromatic heterocycles. The highest BCUT2D eigenvalue weighted by atomic mass is 35.7. The van der Waals surface area contributed by atoms with E-state index in [1.165, 1.54) is 0 Å². The summed E-state index contributed by atoms with van der Waals surface area (Å²) in [6.07, 6.45) is 1.16. The minimum Gasteiger partial charge on any atom is -0.444 e. The summed E-state index contributed by atoms with van der Waals surface area (Å²) in [4.78, 5) is 11.7. The Hall–Kier alpha value is -0.490. The molecule has 0 radical (unpaired) electrons. The Bertz CT molecular complexity index is 425. The Morgan fingerprint density at radius 2 is 1.83 bits per heavy atom. The fraction of sp³-hybridized carbons (Fsp3) is 0.909. The number of halogens is 1. The average molecular weight is 298 g/mol. The van der Waals surface area contributed by atoms with Crippen LogP contribution in [0.25, 0.3) is 0 Å². The smallest absolute Gasteiger partial charge is 0.408 e. The molecule has 1 amide bonds. The van der Waals surface area contributed by atoms with Crippen molar-refractivity contribution < 1.29 is 17.9 Å². The van der Waals surface area contributed by atoms with Gasteiger partial charge in [0.05, 0.1) is 11.3 Å². The molecule has 1 rings (SSSR count). The summed E-state index contributed by atoms with van der Waals surface area (Å²) in [5.74, 6) is -0.149. The van der Waals surface area contributed by atoms with Crippen LogP contribution in [0.5, 0.6) is 0 Å². The molecule has 1 unspecified atom stereocenters. The minimum atomic E-state index is -3.67. The maximum absolute atomic E-state index is 11.7. The van der Waals surface area contributed by atoms with Gasteiger partial charge in [0, 0.05) is 10.7 Å². The molecule has 1 aliphatic carbocycles. The summed E-state index contributed by atoms with van der Waals surface area (Å²) in [5.41, 5.74) is -1.47. The lowest BCUT2D eigenvalue weighted by molar-refractivity contribution is 0.0463. The Morgan fingerprint density at radius 1 is 1.33 bits per heavy atom. The molecular formula is C11H20ClNO4S. The van der Waals surface area contributed by atoms with Gasteiger partial charge in [-0.3, -0.25) is 0 Å². The van der Waals surface area contributed by atoms with Crippen molar-refractivity contribution in [3.63, 3.8) is 0 Å². The van der Waals surface area contributed by atoms with Crippen LogP contribution in [0.3, 0.4) is 0 Å². The van der Waals surface area contributed by atoms with E-state index in [4.69, 9.17) is 15.4 Å². The van der Waals surface area contributed by atoms with Gasteiger partial charge < -0.3 is 10.1 Å². The largest absolute Gasteiger partial charge is 0.444 e. The molecule has 1 N–H and O–H groups in total. The van der Waals surface area contributed by atoms with E-state index in [-0.39, 0.29) is 11.7 Å². The van der Waals surface area contributed by atoms with Crippen molar-refractivity contribution in [2.24, 2.45) is 5.92 Å². The van der Waals surface area contributed by atoms with Gasteiger partial charge in [0.2, 0.25) is 9.05 Å². The SMILES string of the molecule is CC(C)(C)OC(=O)NC(C)(CS(=O)(=O)Cl)C1CC1. The van der Waals surface area contributed by atoms with Crippen LogP contribution in [0.4, 0.5) is 4.79 Å². The molecule has 0 bridgehead atoms. The van der Waals surface area contributed by atoms with Crippen molar-refractivity contribution >= 4 is 25.8 Å². The highest BCUT2D eigenvalue weighted by Gasteiger charge is 2.45. The third-order valence-corrected chi connectivity index (χ3v) is 4.01. The molecule has 1 aliphatic rings. The van der Waals surface area contributed by atoms with E-state index in [1.54, 1.807) is 27.7 Å². The highest BCUT2D eigenvalue weighted by molar-refractivity contribution is 8.13. The molecule has 0 aromatic rings. The zero-order valence-electron chi connectivity index (χ0n) is 11.1. The topological polar surface area (TPSA) is 72.5 Å². The normalized spacial score (nSPS) is 20.1. The number of hydrogen-bond acceptors (Lipinski definition) is 4. The summed E-state index contributed by atoms with van der Waals surface area (Å²) in [6, 6.07) is 0. The molecule has 1 saturated carbocycles. The van der Waals surface area contributed by atoms with Crippen LogP contribution < -0.4 is 5.32 Å². The second-order valence-corrected chi connectivity index (χ2v) is 8.78. The molecule has 1 fully saturated rings. The van der Waals surface area contributed by atoms with Crippen molar-refractivity contribution in [1.82, 2.24) is 5.32 Å². The maximum atomic E-state index is 11.7. The first-order valence-electron chi connectivity index (χ1n) is 5.85. The van der Waals surface area contributed by atoms with E-state index in [0.29, 0.717) is 0 Å². The van der Waals surface area contributed by atoms with Gasteiger partial charge in [-0.1, -0.05) is 0 Å². The monoisotopic (exact) mass is 297 g/mol. The van der Waals surface area contributed by atoms with Crippen LogP contribution >= 0.6 is 10.7 Å². The summed E-state index contributed by atoms with van der Waals surface area (Å²) < 4.78 is 27.6. The molecule has 5 nitrogen and oxygen atoms in total. The third-order valence-electron chi connectivity index (χ3n) is 2.74.